The van der Waals surface area contributed by atoms with Crippen LogP contribution in [0.5, 0.6) is 0 Å². The molecule has 4 heteroatoms. The first-order valence-corrected chi connectivity index (χ1v) is 7.22. The Bertz CT molecular complexity index is 584. The summed E-state index contributed by atoms with van der Waals surface area (Å²) < 4.78 is 13.4. The Kier molecular flexibility index (Phi) is 5.28. The van der Waals surface area contributed by atoms with Crippen molar-refractivity contribution in [2.45, 2.75) is 20.4 Å². The van der Waals surface area contributed by atoms with E-state index in [1.165, 1.54) is 12.1 Å². The zero-order valence-electron chi connectivity index (χ0n) is 12.8. The molecule has 3 nitrogen and oxygen atoms in total. The van der Waals surface area contributed by atoms with Crippen LogP contribution in [-0.2, 0) is 6.54 Å². The average molecular weight is 287 g/mol. The smallest absolute Gasteiger partial charge is 0.137 e. The largest absolute Gasteiger partial charge is 0.329 e. The highest BCUT2D eigenvalue weighted by Crippen LogP contribution is 2.25. The van der Waals surface area contributed by atoms with Crippen LogP contribution < -0.4 is 10.2 Å². The summed E-state index contributed by atoms with van der Waals surface area (Å²) in [5.41, 5.74) is 1.89. The quantitative estimate of drug-likeness (QED) is 0.877. The highest BCUT2D eigenvalue weighted by atomic mass is 19.1. The average Bonchev–Trinajstić information content (AvgIpc) is 2.47. The van der Waals surface area contributed by atoms with E-state index in [0.717, 1.165) is 30.2 Å². The lowest BCUT2D eigenvalue weighted by molar-refractivity contribution is 0.552. The molecule has 1 aromatic carbocycles. The Labute approximate surface area is 125 Å². The maximum absolute atomic E-state index is 13.4. The van der Waals surface area contributed by atoms with Gasteiger partial charge in [-0.25, -0.2) is 9.37 Å². The van der Waals surface area contributed by atoms with E-state index in [2.05, 4.69) is 24.1 Å². The lowest BCUT2D eigenvalue weighted by Crippen LogP contribution is -2.21. The molecule has 0 aliphatic carbocycles. The van der Waals surface area contributed by atoms with Gasteiger partial charge >= 0.3 is 0 Å². The van der Waals surface area contributed by atoms with Gasteiger partial charge < -0.3 is 10.2 Å². The number of halogens is 1. The van der Waals surface area contributed by atoms with Crippen LogP contribution >= 0.6 is 0 Å². The zero-order valence-corrected chi connectivity index (χ0v) is 12.8. The van der Waals surface area contributed by atoms with Gasteiger partial charge in [0, 0.05) is 31.0 Å². The number of pyridine rings is 1. The molecule has 1 N–H and O–H groups in total. The van der Waals surface area contributed by atoms with Crippen molar-refractivity contribution in [1.82, 2.24) is 10.3 Å². The molecule has 0 spiro atoms. The highest BCUT2D eigenvalue weighted by molar-refractivity contribution is 5.61. The number of rotatable bonds is 6. The van der Waals surface area contributed by atoms with Gasteiger partial charge in [0.1, 0.15) is 11.6 Å². The summed E-state index contributed by atoms with van der Waals surface area (Å²) in [7, 11) is 1.91. The van der Waals surface area contributed by atoms with Crippen molar-refractivity contribution < 1.29 is 4.39 Å². The molecule has 2 aromatic rings. The third-order valence-corrected chi connectivity index (χ3v) is 3.25. The summed E-state index contributed by atoms with van der Waals surface area (Å²) >= 11 is 0. The number of nitrogens with zero attached hydrogens (tertiary/aromatic N) is 2. The Morgan fingerprint density at radius 1 is 1.24 bits per heavy atom. The number of hydrogen-bond acceptors (Lipinski definition) is 3. The Morgan fingerprint density at radius 2 is 2.05 bits per heavy atom. The first-order valence-electron chi connectivity index (χ1n) is 7.22. The van der Waals surface area contributed by atoms with E-state index in [9.17, 15) is 4.39 Å². The molecule has 0 aliphatic rings. The molecule has 1 heterocycles. The summed E-state index contributed by atoms with van der Waals surface area (Å²) in [6, 6.07) is 10.5. The van der Waals surface area contributed by atoms with E-state index < -0.39 is 0 Å². The molecule has 0 amide bonds. The van der Waals surface area contributed by atoms with Crippen LogP contribution in [0.2, 0.25) is 0 Å². The Morgan fingerprint density at radius 3 is 2.76 bits per heavy atom. The summed E-state index contributed by atoms with van der Waals surface area (Å²) in [6.07, 6.45) is 1.76. The molecule has 0 radical (unpaired) electrons. The lowest BCUT2D eigenvalue weighted by atomic mass is 10.2. The van der Waals surface area contributed by atoms with Gasteiger partial charge in [0.05, 0.1) is 0 Å². The van der Waals surface area contributed by atoms with Gasteiger partial charge in [-0.2, -0.15) is 0 Å². The molecular weight excluding hydrogens is 265 g/mol. The molecular formula is C17H22FN3. The summed E-state index contributed by atoms with van der Waals surface area (Å²) in [5, 5.41) is 3.42. The molecule has 0 fully saturated rings. The van der Waals surface area contributed by atoms with Gasteiger partial charge in [-0.1, -0.05) is 26.0 Å². The molecule has 112 valence electrons. The molecule has 0 unspecified atom stereocenters. The van der Waals surface area contributed by atoms with Gasteiger partial charge in [0.15, 0.2) is 0 Å². The minimum Gasteiger partial charge on any atom is -0.329 e. The van der Waals surface area contributed by atoms with Crippen LogP contribution in [0.3, 0.4) is 0 Å². The van der Waals surface area contributed by atoms with E-state index in [1.807, 2.05) is 30.1 Å². The molecule has 0 saturated carbocycles. The van der Waals surface area contributed by atoms with Crippen molar-refractivity contribution in [3.63, 3.8) is 0 Å². The number of anilines is 2. The highest BCUT2D eigenvalue weighted by Gasteiger charge is 2.11. The van der Waals surface area contributed by atoms with Crippen molar-refractivity contribution in [3.05, 3.63) is 54.0 Å². The van der Waals surface area contributed by atoms with E-state index >= 15 is 0 Å². The predicted octanol–water partition coefficient (Wildman–Crippen LogP) is 3.73. The van der Waals surface area contributed by atoms with Crippen molar-refractivity contribution >= 4 is 11.5 Å². The fourth-order valence-corrected chi connectivity index (χ4v) is 2.17. The van der Waals surface area contributed by atoms with Crippen LogP contribution in [0.25, 0.3) is 0 Å². The molecule has 21 heavy (non-hydrogen) atoms. The maximum atomic E-state index is 13.4. The van der Waals surface area contributed by atoms with Gasteiger partial charge in [-0.05, 0) is 36.7 Å². The molecule has 2 rings (SSSR count). The van der Waals surface area contributed by atoms with Crippen LogP contribution in [0, 0.1) is 11.7 Å². The van der Waals surface area contributed by atoms with Crippen LogP contribution in [-0.4, -0.2) is 18.6 Å². The number of hydrogen-bond donors (Lipinski definition) is 1. The molecule has 0 saturated heterocycles. The Hall–Kier alpha value is -1.94. The van der Waals surface area contributed by atoms with Gasteiger partial charge in [-0.3, -0.25) is 0 Å². The van der Waals surface area contributed by atoms with E-state index in [4.69, 9.17) is 0 Å². The second kappa shape index (κ2) is 7.18. The zero-order chi connectivity index (χ0) is 15.2. The third-order valence-electron chi connectivity index (χ3n) is 3.25. The second-order valence-electron chi connectivity index (χ2n) is 5.55. The molecule has 0 aliphatic heterocycles. The standard InChI is InChI=1S/C17H22FN3/c1-13(2)11-19-12-14-6-5-9-20-17(14)21(3)16-8-4-7-15(18)10-16/h4-10,13,19H,11-12H2,1-3H3. The van der Waals surface area contributed by atoms with E-state index in [0.29, 0.717) is 5.92 Å². The predicted molar refractivity (Wildman–Crippen MR) is 85.2 cm³/mol. The van der Waals surface area contributed by atoms with Crippen LogP contribution in [0.4, 0.5) is 15.9 Å². The summed E-state index contributed by atoms with van der Waals surface area (Å²) in [4.78, 5) is 6.36. The SMILES string of the molecule is CC(C)CNCc1cccnc1N(C)c1cccc(F)c1. The number of benzene rings is 1. The first kappa shape index (κ1) is 15.4. The third kappa shape index (κ3) is 4.26. The van der Waals surface area contributed by atoms with Crippen molar-refractivity contribution in [3.8, 4) is 0 Å². The van der Waals surface area contributed by atoms with Crippen LogP contribution in [0.15, 0.2) is 42.6 Å². The van der Waals surface area contributed by atoms with Gasteiger partial charge in [0.2, 0.25) is 0 Å². The van der Waals surface area contributed by atoms with Crippen molar-refractivity contribution in [2.24, 2.45) is 5.92 Å². The molecule has 0 bridgehead atoms. The fraction of sp³-hybridized carbons (Fsp3) is 0.353. The molecule has 0 atom stereocenters. The van der Waals surface area contributed by atoms with E-state index in [-0.39, 0.29) is 5.82 Å². The van der Waals surface area contributed by atoms with Gasteiger partial charge in [0.25, 0.3) is 0 Å². The van der Waals surface area contributed by atoms with Gasteiger partial charge in [-0.15, -0.1) is 0 Å². The molecule has 1 aromatic heterocycles. The summed E-state index contributed by atoms with van der Waals surface area (Å²) in [5.74, 6) is 1.21. The maximum Gasteiger partial charge on any atom is 0.137 e. The van der Waals surface area contributed by atoms with E-state index in [1.54, 1.807) is 12.3 Å². The number of aromatic nitrogens is 1. The first-order chi connectivity index (χ1) is 10.1. The topological polar surface area (TPSA) is 28.2 Å². The minimum atomic E-state index is -0.241. The van der Waals surface area contributed by atoms with Crippen molar-refractivity contribution in [2.75, 3.05) is 18.5 Å². The normalized spacial score (nSPS) is 10.9. The summed E-state index contributed by atoms with van der Waals surface area (Å²) in [6.45, 7) is 6.06. The van der Waals surface area contributed by atoms with Crippen LogP contribution in [0.1, 0.15) is 19.4 Å². The minimum absolute atomic E-state index is 0.241. The monoisotopic (exact) mass is 287 g/mol. The lowest BCUT2D eigenvalue weighted by Gasteiger charge is -2.21. The fourth-order valence-electron chi connectivity index (χ4n) is 2.17. The van der Waals surface area contributed by atoms with Crippen molar-refractivity contribution in [1.29, 1.82) is 0 Å². The second-order valence-corrected chi connectivity index (χ2v) is 5.55. The Balaban J connectivity index is 2.18. The number of nitrogens with one attached hydrogen (secondary N) is 1.